The molecule has 5 nitrogen and oxygen atoms in total. The van der Waals surface area contributed by atoms with Crippen LogP contribution in [0.15, 0.2) is 74.5 Å². The molecule has 35 heavy (non-hydrogen) atoms. The predicted octanol–water partition coefficient (Wildman–Crippen LogP) is 4.72. The largest absolute Gasteiger partial charge is 0.463 e. The van der Waals surface area contributed by atoms with Crippen molar-refractivity contribution >= 4 is 46.7 Å². The van der Waals surface area contributed by atoms with E-state index >= 15 is 0 Å². The fourth-order valence-corrected chi connectivity index (χ4v) is 5.19. The molecule has 0 saturated carbocycles. The van der Waals surface area contributed by atoms with Gasteiger partial charge in [0.15, 0.2) is 10.5 Å². The number of carbonyl (C=O) groups excluding carboxylic acids is 1. The summed E-state index contributed by atoms with van der Waals surface area (Å²) in [5, 5.41) is 0.354. The number of benzene rings is 2. The zero-order chi connectivity index (χ0) is 25.3. The lowest BCUT2D eigenvalue weighted by molar-refractivity contribution is -0.140. The number of hydrogen-bond acceptors (Lipinski definition) is 6. The molecule has 0 spiro atoms. The number of aromatic nitrogens is 1. The summed E-state index contributed by atoms with van der Waals surface area (Å²) >= 11 is 8.36. The topological polar surface area (TPSA) is 60.7 Å². The summed E-state index contributed by atoms with van der Waals surface area (Å²) < 4.78 is 48.5. The first-order chi connectivity index (χ1) is 16.6. The van der Waals surface area contributed by atoms with Gasteiger partial charge in [0.2, 0.25) is 0 Å². The van der Waals surface area contributed by atoms with E-state index in [1.165, 1.54) is 31.2 Å². The number of ether oxygens (including phenoxy) is 1. The minimum Gasteiger partial charge on any atom is -0.463 e. The molecule has 0 N–H and O–H groups in total. The fraction of sp³-hybridized carbons (Fsp3) is 0.208. The van der Waals surface area contributed by atoms with Crippen LogP contribution in [0.5, 0.6) is 0 Å². The lowest BCUT2D eigenvalue weighted by atomic mass is 9.95. The van der Waals surface area contributed by atoms with E-state index in [1.807, 2.05) is 30.5 Å². The van der Waals surface area contributed by atoms with Crippen molar-refractivity contribution in [1.82, 2.24) is 4.57 Å². The molecule has 2 heterocycles. The van der Waals surface area contributed by atoms with Crippen molar-refractivity contribution in [3.8, 4) is 0 Å². The second kappa shape index (κ2) is 10.0. The van der Waals surface area contributed by atoms with E-state index in [9.17, 15) is 22.8 Å². The SMILES string of the molecule is CCOC(=O)C1=C(C(F)(F)F)N=c2s/c(=C\c3ccc(SC)cc3)c(=O)n2[C@H]1c1ccc(Cl)cc1. The lowest BCUT2D eigenvalue weighted by Gasteiger charge is -2.26. The average molecular weight is 539 g/mol. The van der Waals surface area contributed by atoms with Crippen LogP contribution in [0.25, 0.3) is 6.08 Å². The van der Waals surface area contributed by atoms with Gasteiger partial charge in [-0.1, -0.05) is 47.2 Å². The molecule has 0 radical (unpaired) electrons. The van der Waals surface area contributed by atoms with Crippen LogP contribution in [0, 0.1) is 0 Å². The Morgan fingerprint density at radius 2 is 1.86 bits per heavy atom. The molecule has 0 amide bonds. The zero-order valence-electron chi connectivity index (χ0n) is 18.4. The third-order valence-electron chi connectivity index (χ3n) is 5.19. The molecule has 182 valence electrons. The van der Waals surface area contributed by atoms with Gasteiger partial charge < -0.3 is 4.74 Å². The van der Waals surface area contributed by atoms with Crippen LogP contribution in [-0.2, 0) is 9.53 Å². The fourth-order valence-electron chi connectivity index (χ4n) is 3.65. The molecule has 0 saturated heterocycles. The number of thioether (sulfide) groups is 1. The molecule has 0 aliphatic carbocycles. The Morgan fingerprint density at radius 1 is 1.20 bits per heavy atom. The van der Waals surface area contributed by atoms with Crippen LogP contribution in [0.4, 0.5) is 13.2 Å². The molecular formula is C24H18ClF3N2O3S2. The van der Waals surface area contributed by atoms with Crippen molar-refractivity contribution < 1.29 is 22.7 Å². The maximum absolute atomic E-state index is 14.1. The Kier molecular flexibility index (Phi) is 7.25. The van der Waals surface area contributed by atoms with Gasteiger partial charge in [-0.2, -0.15) is 13.2 Å². The summed E-state index contributed by atoms with van der Waals surface area (Å²) in [5.41, 5.74) is -1.72. The van der Waals surface area contributed by atoms with E-state index in [2.05, 4.69) is 4.99 Å². The molecule has 1 atom stereocenters. The Hall–Kier alpha value is -2.82. The molecule has 2 aromatic carbocycles. The molecule has 4 rings (SSSR count). The number of esters is 1. The molecule has 1 aliphatic heterocycles. The molecular weight excluding hydrogens is 521 g/mol. The van der Waals surface area contributed by atoms with E-state index in [0.29, 0.717) is 10.6 Å². The predicted molar refractivity (Wildman–Crippen MR) is 130 cm³/mol. The number of halogens is 4. The van der Waals surface area contributed by atoms with Crippen molar-refractivity contribution in [1.29, 1.82) is 0 Å². The number of alkyl halides is 3. The van der Waals surface area contributed by atoms with E-state index in [-0.39, 0.29) is 21.5 Å². The zero-order valence-corrected chi connectivity index (χ0v) is 20.8. The maximum atomic E-state index is 14.1. The van der Waals surface area contributed by atoms with Gasteiger partial charge in [-0.25, -0.2) is 9.79 Å². The highest BCUT2D eigenvalue weighted by molar-refractivity contribution is 7.98. The summed E-state index contributed by atoms with van der Waals surface area (Å²) in [7, 11) is 0. The highest BCUT2D eigenvalue weighted by Crippen LogP contribution is 2.38. The van der Waals surface area contributed by atoms with Crippen LogP contribution in [-0.4, -0.2) is 29.6 Å². The van der Waals surface area contributed by atoms with Gasteiger partial charge in [0.05, 0.1) is 22.8 Å². The lowest BCUT2D eigenvalue weighted by Crippen LogP contribution is -2.41. The minimum atomic E-state index is -4.95. The standard InChI is InChI=1S/C24H18ClF3N2O3S2/c1-3-33-22(32)18-19(14-6-8-15(25)9-7-14)30-21(31)17(12-13-4-10-16(34-2)11-5-13)35-23(30)29-20(18)24(26,27)28/h4-12,19H,3H2,1-2H3/b17-12-/t19-/m0/s1. The third-order valence-corrected chi connectivity index (χ3v) is 7.17. The Balaban J connectivity index is 2.01. The summed E-state index contributed by atoms with van der Waals surface area (Å²) in [6.45, 7) is 1.35. The number of carbonyl (C=O) groups is 1. The molecule has 0 fully saturated rings. The normalized spacial score (nSPS) is 16.2. The maximum Gasteiger partial charge on any atom is 0.434 e. The minimum absolute atomic E-state index is 0.142. The average Bonchev–Trinajstić information content (AvgIpc) is 3.13. The first-order valence-corrected chi connectivity index (χ1v) is 12.8. The van der Waals surface area contributed by atoms with E-state index in [4.69, 9.17) is 16.3 Å². The van der Waals surface area contributed by atoms with Gasteiger partial charge in [0.1, 0.15) is 0 Å². The van der Waals surface area contributed by atoms with Gasteiger partial charge in [0, 0.05) is 9.92 Å². The second-order valence-electron chi connectivity index (χ2n) is 7.39. The van der Waals surface area contributed by atoms with Crippen molar-refractivity contribution in [2.75, 3.05) is 12.9 Å². The van der Waals surface area contributed by atoms with Gasteiger partial charge in [-0.15, -0.1) is 11.8 Å². The second-order valence-corrected chi connectivity index (χ2v) is 9.71. The number of rotatable bonds is 5. The van der Waals surface area contributed by atoms with Crippen molar-refractivity contribution in [3.63, 3.8) is 0 Å². The molecule has 3 aromatic rings. The molecule has 0 unspecified atom stereocenters. The summed E-state index contributed by atoms with van der Waals surface area (Å²) in [4.78, 5) is 30.9. The summed E-state index contributed by atoms with van der Waals surface area (Å²) in [6.07, 6.45) is -1.42. The first-order valence-electron chi connectivity index (χ1n) is 10.3. The Labute approximate surface area is 211 Å². The van der Waals surface area contributed by atoms with E-state index in [0.717, 1.165) is 20.8 Å². The number of hydrogen-bond donors (Lipinski definition) is 0. The number of nitrogens with zero attached hydrogens (tertiary/aromatic N) is 2. The quantitative estimate of drug-likeness (QED) is 0.348. The first kappa shape index (κ1) is 25.3. The summed E-state index contributed by atoms with van der Waals surface area (Å²) in [5.74, 6) is -1.19. The van der Waals surface area contributed by atoms with Crippen LogP contribution >= 0.6 is 34.7 Å². The molecule has 11 heteroatoms. The van der Waals surface area contributed by atoms with Gasteiger partial charge in [-0.05, 0) is 54.6 Å². The molecule has 0 bridgehead atoms. The third kappa shape index (κ3) is 5.10. The van der Waals surface area contributed by atoms with Gasteiger partial charge in [-0.3, -0.25) is 9.36 Å². The highest BCUT2D eigenvalue weighted by atomic mass is 35.5. The van der Waals surface area contributed by atoms with Crippen molar-refractivity contribution in [2.24, 2.45) is 4.99 Å². The Morgan fingerprint density at radius 3 is 2.43 bits per heavy atom. The van der Waals surface area contributed by atoms with Crippen LogP contribution < -0.4 is 14.9 Å². The number of allylic oxidation sites excluding steroid dienone is 1. The molecule has 1 aromatic heterocycles. The van der Waals surface area contributed by atoms with Crippen LogP contribution in [0.1, 0.15) is 24.1 Å². The van der Waals surface area contributed by atoms with Gasteiger partial charge >= 0.3 is 12.1 Å². The van der Waals surface area contributed by atoms with E-state index in [1.54, 1.807) is 17.8 Å². The van der Waals surface area contributed by atoms with Crippen molar-refractivity contribution in [2.45, 2.75) is 24.0 Å². The Bertz CT molecular complexity index is 1470. The van der Waals surface area contributed by atoms with E-state index < -0.39 is 35.0 Å². The van der Waals surface area contributed by atoms with Gasteiger partial charge in [0.25, 0.3) is 5.56 Å². The van der Waals surface area contributed by atoms with Crippen molar-refractivity contribution in [3.05, 3.63) is 95.6 Å². The smallest absolute Gasteiger partial charge is 0.434 e. The highest BCUT2D eigenvalue weighted by Gasteiger charge is 2.45. The molecule has 1 aliphatic rings. The monoisotopic (exact) mass is 538 g/mol. The number of thiazole rings is 1. The van der Waals surface area contributed by atoms with Crippen LogP contribution in [0.2, 0.25) is 5.02 Å². The summed E-state index contributed by atoms with van der Waals surface area (Å²) in [6, 6.07) is 11.9. The number of fused-ring (bicyclic) bond motifs is 1. The van der Waals surface area contributed by atoms with Crippen LogP contribution in [0.3, 0.4) is 0 Å².